The molecule has 0 aliphatic carbocycles. The Balaban J connectivity index is 1.99. The number of hydrogen-bond acceptors (Lipinski definition) is 5. The Morgan fingerprint density at radius 2 is 2.35 bits per heavy atom. The van der Waals surface area contributed by atoms with Crippen LogP contribution < -0.4 is 10.5 Å². The van der Waals surface area contributed by atoms with Gasteiger partial charge in [0.25, 0.3) is 5.56 Å². The molecule has 0 bridgehead atoms. The molecule has 0 aromatic carbocycles. The number of anilines is 1. The lowest BCUT2D eigenvalue weighted by Gasteiger charge is -2.39. The van der Waals surface area contributed by atoms with E-state index in [9.17, 15) is 10.1 Å². The largest absolute Gasteiger partial charge is 0.355 e. The molecule has 0 radical (unpaired) electrons. The highest BCUT2D eigenvalue weighted by molar-refractivity contribution is 7.07. The molecule has 1 saturated heterocycles. The fourth-order valence-corrected chi connectivity index (χ4v) is 3.78. The highest BCUT2D eigenvalue weighted by Crippen LogP contribution is 2.31. The molecule has 0 atom stereocenters. The topological polar surface area (TPSA) is 72.8 Å². The Morgan fingerprint density at radius 3 is 3.00 bits per heavy atom. The molecule has 3 rings (SSSR count). The van der Waals surface area contributed by atoms with E-state index < -0.39 is 0 Å². The summed E-state index contributed by atoms with van der Waals surface area (Å²) in [5, 5.41) is 13.4. The Kier molecular flexibility index (Phi) is 4.22. The minimum Gasteiger partial charge on any atom is -0.355 e. The van der Waals surface area contributed by atoms with Crippen molar-refractivity contribution in [1.29, 1.82) is 5.26 Å². The number of rotatable bonds is 3. The summed E-state index contributed by atoms with van der Waals surface area (Å²) in [6.07, 6.45) is 2.78. The summed E-state index contributed by atoms with van der Waals surface area (Å²) in [4.78, 5) is 21.7. The monoisotopic (exact) mass is 328 g/mol. The Labute approximate surface area is 139 Å². The lowest BCUT2D eigenvalue weighted by atomic mass is 9.84. The van der Waals surface area contributed by atoms with Crippen LogP contribution in [0.3, 0.4) is 0 Å². The molecule has 1 N–H and O–H groups in total. The number of piperidine rings is 1. The van der Waals surface area contributed by atoms with Crippen molar-refractivity contribution in [3.8, 4) is 6.07 Å². The molecule has 1 aliphatic rings. The van der Waals surface area contributed by atoms with Gasteiger partial charge in [-0.1, -0.05) is 13.8 Å². The van der Waals surface area contributed by atoms with Gasteiger partial charge in [0.1, 0.15) is 11.9 Å². The van der Waals surface area contributed by atoms with Gasteiger partial charge in [0.05, 0.1) is 0 Å². The van der Waals surface area contributed by atoms with Crippen molar-refractivity contribution in [2.24, 2.45) is 5.41 Å². The van der Waals surface area contributed by atoms with Crippen LogP contribution >= 0.6 is 11.3 Å². The highest BCUT2D eigenvalue weighted by Gasteiger charge is 2.29. The van der Waals surface area contributed by atoms with Gasteiger partial charge in [-0.25, -0.2) is 4.98 Å². The second-order valence-electron chi connectivity index (χ2n) is 6.82. The van der Waals surface area contributed by atoms with Crippen LogP contribution in [0, 0.1) is 16.7 Å². The molecule has 2 aromatic heterocycles. The van der Waals surface area contributed by atoms with Gasteiger partial charge in [-0.3, -0.25) is 4.79 Å². The van der Waals surface area contributed by atoms with Gasteiger partial charge >= 0.3 is 0 Å². The summed E-state index contributed by atoms with van der Waals surface area (Å²) in [6.45, 7) is 6.08. The smallest absolute Gasteiger partial charge is 0.271 e. The van der Waals surface area contributed by atoms with Gasteiger partial charge in [0.2, 0.25) is 0 Å². The first-order chi connectivity index (χ1) is 11.0. The molecule has 1 aliphatic heterocycles. The standard InChI is InChI=1S/C17H20N4OS/c1-17(2)5-3-6-21(11-17)15-13(9-18)16(22)20-14(19-15)8-12-4-7-23-10-12/h4,7,10H,3,5-6,8,11H2,1-2H3,(H,19,20,22). The first kappa shape index (κ1) is 15.8. The van der Waals surface area contributed by atoms with E-state index in [0.717, 1.165) is 31.5 Å². The van der Waals surface area contributed by atoms with Gasteiger partial charge in [-0.2, -0.15) is 16.6 Å². The highest BCUT2D eigenvalue weighted by atomic mass is 32.1. The normalized spacial score (nSPS) is 17.0. The molecule has 23 heavy (non-hydrogen) atoms. The van der Waals surface area contributed by atoms with Gasteiger partial charge in [0, 0.05) is 19.5 Å². The molecule has 5 nitrogen and oxygen atoms in total. The third kappa shape index (κ3) is 3.45. The van der Waals surface area contributed by atoms with Crippen LogP contribution in [-0.2, 0) is 6.42 Å². The molecule has 6 heteroatoms. The summed E-state index contributed by atoms with van der Waals surface area (Å²) in [7, 11) is 0. The quantitative estimate of drug-likeness (QED) is 0.940. The van der Waals surface area contributed by atoms with Crippen molar-refractivity contribution in [2.75, 3.05) is 18.0 Å². The van der Waals surface area contributed by atoms with E-state index in [0.29, 0.717) is 18.1 Å². The first-order valence-electron chi connectivity index (χ1n) is 7.78. The zero-order valence-electron chi connectivity index (χ0n) is 13.4. The molecule has 3 heterocycles. The predicted octanol–water partition coefficient (Wildman–Crippen LogP) is 2.92. The second kappa shape index (κ2) is 6.17. The van der Waals surface area contributed by atoms with E-state index in [1.165, 1.54) is 0 Å². The fraction of sp³-hybridized carbons (Fsp3) is 0.471. The van der Waals surface area contributed by atoms with Crippen LogP contribution in [0.25, 0.3) is 0 Å². The molecule has 0 unspecified atom stereocenters. The van der Waals surface area contributed by atoms with Crippen molar-refractivity contribution in [3.63, 3.8) is 0 Å². The fourth-order valence-electron chi connectivity index (χ4n) is 3.11. The van der Waals surface area contributed by atoms with Gasteiger partial charge in [-0.05, 0) is 40.6 Å². The van der Waals surface area contributed by atoms with Crippen LogP contribution in [0.5, 0.6) is 0 Å². The van der Waals surface area contributed by atoms with Gasteiger partial charge < -0.3 is 9.88 Å². The Hall–Kier alpha value is -2.13. The molecular weight excluding hydrogens is 308 g/mol. The number of aromatic amines is 1. The maximum Gasteiger partial charge on any atom is 0.271 e. The van der Waals surface area contributed by atoms with Crippen LogP contribution in [0.4, 0.5) is 5.82 Å². The Morgan fingerprint density at radius 1 is 1.52 bits per heavy atom. The molecule has 0 amide bonds. The van der Waals surface area contributed by atoms with E-state index in [1.807, 2.05) is 22.9 Å². The second-order valence-corrected chi connectivity index (χ2v) is 7.60. The SMILES string of the molecule is CC1(C)CCCN(c2nc(Cc3ccsc3)[nH]c(=O)c2C#N)C1. The van der Waals surface area contributed by atoms with Crippen LogP contribution in [0.2, 0.25) is 0 Å². The van der Waals surface area contributed by atoms with Gasteiger partial charge in [0.15, 0.2) is 11.4 Å². The Bertz CT molecular complexity index is 786. The minimum absolute atomic E-state index is 0.122. The molecule has 1 fully saturated rings. The molecule has 0 saturated carbocycles. The number of nitriles is 1. The molecular formula is C17H20N4OS. The van der Waals surface area contributed by atoms with E-state index in [2.05, 4.69) is 28.7 Å². The molecule has 0 spiro atoms. The third-order valence-corrected chi connectivity index (χ3v) is 4.94. The first-order valence-corrected chi connectivity index (χ1v) is 8.72. The van der Waals surface area contributed by atoms with Crippen molar-refractivity contribution in [1.82, 2.24) is 9.97 Å². The number of hydrogen-bond donors (Lipinski definition) is 1. The average Bonchev–Trinajstić information content (AvgIpc) is 2.98. The summed E-state index contributed by atoms with van der Waals surface area (Å²) in [6, 6.07) is 4.05. The number of aromatic nitrogens is 2. The van der Waals surface area contributed by atoms with Crippen LogP contribution in [0.15, 0.2) is 21.6 Å². The summed E-state index contributed by atoms with van der Waals surface area (Å²) >= 11 is 1.62. The number of H-pyrrole nitrogens is 1. The van der Waals surface area contributed by atoms with Gasteiger partial charge in [-0.15, -0.1) is 0 Å². The van der Waals surface area contributed by atoms with E-state index in [4.69, 9.17) is 0 Å². The van der Waals surface area contributed by atoms with Crippen molar-refractivity contribution >= 4 is 17.2 Å². The number of nitrogens with zero attached hydrogens (tertiary/aromatic N) is 3. The minimum atomic E-state index is -0.342. The number of thiophene rings is 1. The molecule has 2 aromatic rings. The maximum atomic E-state index is 12.3. The summed E-state index contributed by atoms with van der Waals surface area (Å²) in [5.41, 5.74) is 1.07. The zero-order chi connectivity index (χ0) is 16.4. The van der Waals surface area contributed by atoms with Crippen LogP contribution in [0.1, 0.15) is 43.6 Å². The van der Waals surface area contributed by atoms with Crippen molar-refractivity contribution < 1.29 is 0 Å². The zero-order valence-corrected chi connectivity index (χ0v) is 14.2. The van der Waals surface area contributed by atoms with E-state index >= 15 is 0 Å². The lowest BCUT2D eigenvalue weighted by molar-refractivity contribution is 0.292. The maximum absolute atomic E-state index is 12.3. The lowest BCUT2D eigenvalue weighted by Crippen LogP contribution is -2.42. The molecule has 120 valence electrons. The summed E-state index contributed by atoms with van der Waals surface area (Å²) < 4.78 is 0. The third-order valence-electron chi connectivity index (χ3n) is 4.21. The van der Waals surface area contributed by atoms with Crippen molar-refractivity contribution in [3.05, 3.63) is 44.1 Å². The van der Waals surface area contributed by atoms with Crippen LogP contribution in [-0.4, -0.2) is 23.1 Å². The average molecular weight is 328 g/mol. The number of nitrogens with one attached hydrogen (secondary N) is 1. The summed E-state index contributed by atoms with van der Waals surface area (Å²) in [5.74, 6) is 1.15. The van der Waals surface area contributed by atoms with Crippen molar-refractivity contribution in [2.45, 2.75) is 33.1 Å². The van der Waals surface area contributed by atoms with E-state index in [-0.39, 0.29) is 16.5 Å². The van der Waals surface area contributed by atoms with E-state index in [1.54, 1.807) is 11.3 Å². The predicted molar refractivity (Wildman–Crippen MR) is 91.9 cm³/mol.